The fourth-order valence-corrected chi connectivity index (χ4v) is 4.81. The van der Waals surface area contributed by atoms with Crippen molar-refractivity contribution in [2.45, 2.75) is 64.6 Å². The van der Waals surface area contributed by atoms with E-state index in [2.05, 4.69) is 0 Å². The third-order valence-corrected chi connectivity index (χ3v) is 7.18. The van der Waals surface area contributed by atoms with Gasteiger partial charge < -0.3 is 14.4 Å². The quantitative estimate of drug-likeness (QED) is 0.599. The highest BCUT2D eigenvalue weighted by molar-refractivity contribution is 6.06. The van der Waals surface area contributed by atoms with Gasteiger partial charge in [0.05, 0.1) is 7.11 Å². The Morgan fingerprint density at radius 2 is 1.92 bits per heavy atom. The van der Waals surface area contributed by atoms with Gasteiger partial charge in [0.15, 0.2) is 5.41 Å². The number of amides is 1. The lowest BCUT2D eigenvalue weighted by molar-refractivity contribution is -0.166. The molecule has 1 aliphatic heterocycles. The van der Waals surface area contributed by atoms with E-state index in [9.17, 15) is 9.59 Å². The molecule has 2 saturated carbocycles. The molecule has 4 rings (SSSR count). The van der Waals surface area contributed by atoms with E-state index in [1.807, 2.05) is 49.9 Å². The number of nitrogens with zero attached hydrogens (tertiary/aromatic N) is 1. The third-order valence-electron chi connectivity index (χ3n) is 7.18. The van der Waals surface area contributed by atoms with Crippen molar-refractivity contribution in [2.24, 2.45) is 10.8 Å². The Hall–Kier alpha value is -2.04. The highest BCUT2D eigenvalue weighted by atomic mass is 16.6. The van der Waals surface area contributed by atoms with E-state index in [0.717, 1.165) is 30.6 Å². The maximum absolute atomic E-state index is 13.8. The fraction of sp³-hybridized carbons (Fsp3) is 0.619. The molecule has 0 aromatic heterocycles. The summed E-state index contributed by atoms with van der Waals surface area (Å²) < 4.78 is 11.2. The molecule has 1 amide bonds. The van der Waals surface area contributed by atoms with Crippen molar-refractivity contribution in [3.05, 3.63) is 29.8 Å². The first-order valence-corrected chi connectivity index (χ1v) is 9.43. The van der Waals surface area contributed by atoms with Crippen LogP contribution in [0.3, 0.4) is 0 Å². The molecule has 0 radical (unpaired) electrons. The van der Waals surface area contributed by atoms with Gasteiger partial charge in [0.25, 0.3) is 0 Å². The summed E-state index contributed by atoms with van der Waals surface area (Å²) in [4.78, 5) is 28.5. The summed E-state index contributed by atoms with van der Waals surface area (Å²) in [6.07, 6.45) is 3.29. The van der Waals surface area contributed by atoms with Gasteiger partial charge in [-0.25, -0.2) is 0 Å². The molecular weight excluding hydrogens is 330 g/mol. The predicted octanol–water partition coefficient (Wildman–Crippen LogP) is 3.31. The van der Waals surface area contributed by atoms with Crippen LogP contribution >= 0.6 is 0 Å². The SMILES string of the molecule is COc1ccccc1CN(C(=O)[C@@]12CC[C@@](C)(OC1=O)C2(C)C)C1CC1. The molecule has 1 heterocycles. The van der Waals surface area contributed by atoms with E-state index < -0.39 is 16.4 Å². The first-order chi connectivity index (χ1) is 12.3. The number of hydrogen-bond acceptors (Lipinski definition) is 4. The summed E-state index contributed by atoms with van der Waals surface area (Å²) in [5.74, 6) is 0.363. The number of ether oxygens (including phenoxy) is 2. The lowest BCUT2D eigenvalue weighted by Gasteiger charge is -2.38. The van der Waals surface area contributed by atoms with Gasteiger partial charge in [-0.05, 0) is 38.7 Å². The third kappa shape index (κ3) is 2.09. The number of carbonyl (C=O) groups excluding carboxylic acids is 2. The van der Waals surface area contributed by atoms with Gasteiger partial charge in [-0.15, -0.1) is 0 Å². The standard InChI is InChI=1S/C21H27NO4/c1-19(2)20(3)11-12-21(19,18(24)26-20)17(23)22(15-9-10-15)13-14-7-5-6-8-16(14)25-4/h5-8,15H,9-13H2,1-4H3/t20-,21+/m1/s1. The molecule has 0 unspecified atom stereocenters. The molecule has 26 heavy (non-hydrogen) atoms. The topological polar surface area (TPSA) is 55.8 Å². The number of hydrogen-bond donors (Lipinski definition) is 0. The Balaban J connectivity index is 1.70. The molecule has 140 valence electrons. The van der Waals surface area contributed by atoms with Gasteiger partial charge in [0.2, 0.25) is 5.91 Å². The van der Waals surface area contributed by atoms with Gasteiger partial charge in [-0.3, -0.25) is 9.59 Å². The minimum absolute atomic E-state index is 0.0675. The molecule has 2 atom stereocenters. The molecule has 2 bridgehead atoms. The Morgan fingerprint density at radius 1 is 1.23 bits per heavy atom. The molecule has 5 heteroatoms. The maximum Gasteiger partial charge on any atom is 0.322 e. The van der Waals surface area contributed by atoms with Gasteiger partial charge in [-0.1, -0.05) is 32.0 Å². The van der Waals surface area contributed by atoms with Crippen LogP contribution in [0.4, 0.5) is 0 Å². The van der Waals surface area contributed by atoms with Crippen molar-refractivity contribution >= 4 is 11.9 Å². The molecule has 2 aliphatic carbocycles. The first kappa shape index (κ1) is 17.4. The molecule has 1 aromatic carbocycles. The minimum atomic E-state index is -1.06. The van der Waals surface area contributed by atoms with Crippen molar-refractivity contribution in [2.75, 3.05) is 7.11 Å². The number of rotatable bonds is 5. The average Bonchev–Trinajstić information content (AvgIpc) is 3.39. The second-order valence-electron chi connectivity index (χ2n) is 8.63. The first-order valence-electron chi connectivity index (χ1n) is 9.43. The summed E-state index contributed by atoms with van der Waals surface area (Å²) in [7, 11) is 1.64. The van der Waals surface area contributed by atoms with Crippen molar-refractivity contribution < 1.29 is 19.1 Å². The lowest BCUT2D eigenvalue weighted by atomic mass is 9.65. The molecule has 0 spiro atoms. The summed E-state index contributed by atoms with van der Waals surface area (Å²) in [6, 6.07) is 7.97. The number of carbonyl (C=O) groups is 2. The summed E-state index contributed by atoms with van der Waals surface area (Å²) in [6.45, 7) is 6.46. The van der Waals surface area contributed by atoms with Crippen LogP contribution in [0.5, 0.6) is 5.75 Å². The number of fused-ring (bicyclic) bond motifs is 2. The average molecular weight is 357 g/mol. The fourth-order valence-electron chi connectivity index (χ4n) is 4.81. The monoisotopic (exact) mass is 357 g/mol. The van der Waals surface area contributed by atoms with Gasteiger partial charge in [-0.2, -0.15) is 0 Å². The van der Waals surface area contributed by atoms with Crippen LogP contribution in [0.2, 0.25) is 0 Å². The largest absolute Gasteiger partial charge is 0.496 e. The molecule has 3 aliphatic rings. The second-order valence-corrected chi connectivity index (χ2v) is 8.63. The van der Waals surface area contributed by atoms with Crippen molar-refractivity contribution in [3.8, 4) is 5.75 Å². The van der Waals surface area contributed by atoms with Gasteiger partial charge in [0.1, 0.15) is 11.4 Å². The van der Waals surface area contributed by atoms with Crippen LogP contribution in [0, 0.1) is 10.8 Å². The van der Waals surface area contributed by atoms with E-state index in [1.54, 1.807) is 7.11 Å². The van der Waals surface area contributed by atoms with Gasteiger partial charge in [0, 0.05) is 23.6 Å². The minimum Gasteiger partial charge on any atom is -0.496 e. The molecule has 1 aromatic rings. The Morgan fingerprint density at radius 3 is 2.46 bits per heavy atom. The molecule has 5 nitrogen and oxygen atoms in total. The summed E-state index contributed by atoms with van der Waals surface area (Å²) in [5.41, 5.74) is -1.16. The van der Waals surface area contributed by atoms with Gasteiger partial charge >= 0.3 is 5.97 Å². The van der Waals surface area contributed by atoms with Crippen LogP contribution in [0.25, 0.3) is 0 Å². The molecular formula is C21H27NO4. The molecule has 3 fully saturated rings. The van der Waals surface area contributed by atoms with Crippen molar-refractivity contribution in [1.82, 2.24) is 4.90 Å². The Kier molecular flexibility index (Phi) is 3.66. The predicted molar refractivity (Wildman–Crippen MR) is 96.5 cm³/mol. The Bertz CT molecular complexity index is 769. The number of benzene rings is 1. The van der Waals surface area contributed by atoms with Crippen molar-refractivity contribution in [3.63, 3.8) is 0 Å². The Labute approximate surface area is 154 Å². The highest BCUT2D eigenvalue weighted by Gasteiger charge is 2.77. The molecule has 0 N–H and O–H groups in total. The number of para-hydroxylation sites is 1. The van der Waals surface area contributed by atoms with E-state index in [0.29, 0.717) is 13.0 Å². The maximum atomic E-state index is 13.8. The van der Waals surface area contributed by atoms with Crippen LogP contribution in [0.15, 0.2) is 24.3 Å². The van der Waals surface area contributed by atoms with E-state index in [4.69, 9.17) is 9.47 Å². The van der Waals surface area contributed by atoms with Crippen LogP contribution in [0.1, 0.15) is 52.0 Å². The smallest absolute Gasteiger partial charge is 0.322 e. The lowest BCUT2D eigenvalue weighted by Crippen LogP contribution is -2.52. The van der Waals surface area contributed by atoms with E-state index in [-0.39, 0.29) is 17.9 Å². The number of esters is 1. The summed E-state index contributed by atoms with van der Waals surface area (Å²) >= 11 is 0. The zero-order chi connectivity index (χ0) is 18.7. The zero-order valence-corrected chi connectivity index (χ0v) is 16.0. The highest BCUT2D eigenvalue weighted by Crippen LogP contribution is 2.66. The normalized spacial score (nSPS) is 31.6. The number of methoxy groups -OCH3 is 1. The van der Waals surface area contributed by atoms with Crippen LogP contribution < -0.4 is 4.74 Å². The second kappa shape index (κ2) is 5.48. The molecule has 1 saturated heterocycles. The van der Waals surface area contributed by atoms with E-state index >= 15 is 0 Å². The zero-order valence-electron chi connectivity index (χ0n) is 16.0. The van der Waals surface area contributed by atoms with Crippen molar-refractivity contribution in [1.29, 1.82) is 0 Å². The van der Waals surface area contributed by atoms with Crippen LogP contribution in [-0.2, 0) is 20.9 Å². The van der Waals surface area contributed by atoms with Crippen LogP contribution in [-0.4, -0.2) is 35.5 Å². The van der Waals surface area contributed by atoms with E-state index in [1.165, 1.54) is 0 Å². The summed E-state index contributed by atoms with van der Waals surface area (Å²) in [5, 5.41) is 0.